The molecule has 1 aromatic rings. The minimum atomic E-state index is -1.17. The van der Waals surface area contributed by atoms with Gasteiger partial charge in [-0.15, -0.1) is 0 Å². The van der Waals surface area contributed by atoms with Crippen molar-refractivity contribution >= 4 is 5.91 Å². The second-order valence-electron chi connectivity index (χ2n) is 5.72. The minimum Gasteiger partial charge on any atom is -0.394 e. The van der Waals surface area contributed by atoms with Gasteiger partial charge in [-0.05, 0) is 24.0 Å². The molecule has 0 saturated heterocycles. The summed E-state index contributed by atoms with van der Waals surface area (Å²) < 4.78 is 26.5. The molecule has 3 nitrogen and oxygen atoms in total. The summed E-state index contributed by atoms with van der Waals surface area (Å²) in [6.45, 7) is 5.64. The lowest BCUT2D eigenvalue weighted by molar-refractivity contribution is 0.0892. The van der Waals surface area contributed by atoms with Crippen LogP contribution >= 0.6 is 0 Å². The van der Waals surface area contributed by atoms with E-state index in [1.807, 2.05) is 20.8 Å². The van der Waals surface area contributed by atoms with Crippen LogP contribution in [0.1, 0.15) is 37.6 Å². The van der Waals surface area contributed by atoms with Crippen molar-refractivity contribution in [1.29, 1.82) is 0 Å². The lowest BCUT2D eigenvalue weighted by Crippen LogP contribution is -2.40. The van der Waals surface area contributed by atoms with Gasteiger partial charge in [0.2, 0.25) is 0 Å². The highest BCUT2D eigenvalue weighted by molar-refractivity contribution is 5.94. The fraction of sp³-hybridized carbons (Fsp3) is 0.500. The zero-order valence-corrected chi connectivity index (χ0v) is 11.3. The number of halogens is 2. The van der Waals surface area contributed by atoms with E-state index in [1.165, 1.54) is 12.1 Å². The number of aliphatic hydroxyl groups is 1. The van der Waals surface area contributed by atoms with Gasteiger partial charge in [0.05, 0.1) is 18.2 Å². The molecule has 1 unspecified atom stereocenters. The summed E-state index contributed by atoms with van der Waals surface area (Å²) in [4.78, 5) is 11.8. The molecule has 106 valence electrons. The molecule has 1 amide bonds. The zero-order chi connectivity index (χ0) is 14.6. The third kappa shape index (κ3) is 4.59. The Morgan fingerprint density at radius 2 is 2.00 bits per heavy atom. The predicted molar refractivity (Wildman–Crippen MR) is 68.8 cm³/mol. The highest BCUT2D eigenvalue weighted by atomic mass is 19.2. The van der Waals surface area contributed by atoms with Gasteiger partial charge in [-0.1, -0.05) is 26.8 Å². The van der Waals surface area contributed by atoms with Gasteiger partial charge < -0.3 is 10.4 Å². The third-order valence-corrected chi connectivity index (χ3v) is 2.61. The van der Waals surface area contributed by atoms with Crippen molar-refractivity contribution in [2.24, 2.45) is 5.41 Å². The molecule has 0 spiro atoms. The Morgan fingerprint density at radius 3 is 2.53 bits per heavy atom. The van der Waals surface area contributed by atoms with E-state index < -0.39 is 23.6 Å². The van der Waals surface area contributed by atoms with Gasteiger partial charge in [0.25, 0.3) is 5.91 Å². The molecule has 0 aliphatic rings. The minimum absolute atomic E-state index is 0.0961. The molecule has 5 heteroatoms. The lowest BCUT2D eigenvalue weighted by atomic mass is 9.88. The Hall–Kier alpha value is -1.49. The average Bonchev–Trinajstić information content (AvgIpc) is 2.29. The standard InChI is InChI=1S/C14H19F2NO2/c1-14(2,3)7-9(8-18)17-13(19)10-5-4-6-11(15)12(10)16/h4-6,9,18H,7-8H2,1-3H3,(H,17,19). The third-order valence-electron chi connectivity index (χ3n) is 2.61. The number of benzene rings is 1. The SMILES string of the molecule is CC(C)(C)CC(CO)NC(=O)c1cccc(F)c1F. The summed E-state index contributed by atoms with van der Waals surface area (Å²) in [6, 6.07) is 2.94. The van der Waals surface area contributed by atoms with Crippen molar-refractivity contribution in [2.45, 2.75) is 33.2 Å². The van der Waals surface area contributed by atoms with Crippen LogP contribution in [0.4, 0.5) is 8.78 Å². The highest BCUT2D eigenvalue weighted by Gasteiger charge is 2.22. The zero-order valence-electron chi connectivity index (χ0n) is 11.3. The second-order valence-corrected chi connectivity index (χ2v) is 5.72. The largest absolute Gasteiger partial charge is 0.394 e. The summed E-state index contributed by atoms with van der Waals surface area (Å²) in [5.41, 5.74) is -0.450. The van der Waals surface area contributed by atoms with Crippen LogP contribution < -0.4 is 5.32 Å². The van der Waals surface area contributed by atoms with Crippen LogP contribution in [-0.4, -0.2) is 23.7 Å². The molecule has 1 rings (SSSR count). The summed E-state index contributed by atoms with van der Waals surface area (Å²) in [7, 11) is 0. The van der Waals surface area contributed by atoms with Gasteiger partial charge in [-0.3, -0.25) is 4.79 Å². The number of nitrogens with one attached hydrogen (secondary N) is 1. The maximum atomic E-state index is 13.4. The Balaban J connectivity index is 2.80. The van der Waals surface area contributed by atoms with E-state index in [1.54, 1.807) is 0 Å². The van der Waals surface area contributed by atoms with Gasteiger partial charge >= 0.3 is 0 Å². The van der Waals surface area contributed by atoms with E-state index in [0.29, 0.717) is 6.42 Å². The smallest absolute Gasteiger partial charge is 0.254 e. The molecule has 0 radical (unpaired) electrons. The maximum Gasteiger partial charge on any atom is 0.254 e. The van der Waals surface area contributed by atoms with Gasteiger partial charge in [-0.2, -0.15) is 0 Å². The topological polar surface area (TPSA) is 49.3 Å². The number of hydrogen-bond acceptors (Lipinski definition) is 2. The number of aliphatic hydroxyl groups excluding tert-OH is 1. The molecule has 1 aromatic carbocycles. The number of carbonyl (C=O) groups is 1. The first-order valence-corrected chi connectivity index (χ1v) is 6.10. The number of carbonyl (C=O) groups excluding carboxylic acids is 1. The molecule has 0 aliphatic heterocycles. The lowest BCUT2D eigenvalue weighted by Gasteiger charge is -2.25. The molecule has 0 aromatic heterocycles. The van der Waals surface area contributed by atoms with Crippen LogP contribution in [0.15, 0.2) is 18.2 Å². The van der Waals surface area contributed by atoms with E-state index in [4.69, 9.17) is 0 Å². The quantitative estimate of drug-likeness (QED) is 0.884. The van der Waals surface area contributed by atoms with Crippen LogP contribution in [0.5, 0.6) is 0 Å². The fourth-order valence-corrected chi connectivity index (χ4v) is 1.84. The predicted octanol–water partition coefficient (Wildman–Crippen LogP) is 2.49. The Kier molecular flexibility index (Phi) is 5.00. The van der Waals surface area contributed by atoms with Crippen molar-refractivity contribution in [3.05, 3.63) is 35.4 Å². The number of amides is 1. The molecular formula is C14H19F2NO2. The molecule has 0 fully saturated rings. The molecule has 0 heterocycles. The molecular weight excluding hydrogens is 252 g/mol. The monoisotopic (exact) mass is 271 g/mol. The normalized spacial score (nSPS) is 13.2. The van der Waals surface area contributed by atoms with Gasteiger partial charge in [0, 0.05) is 0 Å². The maximum absolute atomic E-state index is 13.4. The van der Waals surface area contributed by atoms with Crippen molar-refractivity contribution in [1.82, 2.24) is 5.32 Å². The van der Waals surface area contributed by atoms with Crippen molar-refractivity contribution in [2.75, 3.05) is 6.61 Å². The fourth-order valence-electron chi connectivity index (χ4n) is 1.84. The van der Waals surface area contributed by atoms with Crippen LogP contribution in [0, 0.1) is 17.0 Å². The number of rotatable bonds is 4. The van der Waals surface area contributed by atoms with E-state index in [-0.39, 0.29) is 17.6 Å². The van der Waals surface area contributed by atoms with Crippen LogP contribution in [-0.2, 0) is 0 Å². The van der Waals surface area contributed by atoms with E-state index >= 15 is 0 Å². The first kappa shape index (κ1) is 15.6. The van der Waals surface area contributed by atoms with Gasteiger partial charge in [-0.25, -0.2) is 8.78 Å². The Morgan fingerprint density at radius 1 is 1.37 bits per heavy atom. The van der Waals surface area contributed by atoms with Crippen molar-refractivity contribution in [3.63, 3.8) is 0 Å². The van der Waals surface area contributed by atoms with Crippen molar-refractivity contribution < 1.29 is 18.7 Å². The Bertz CT molecular complexity index is 455. The first-order chi connectivity index (χ1) is 8.74. The van der Waals surface area contributed by atoms with Crippen molar-refractivity contribution in [3.8, 4) is 0 Å². The summed E-state index contributed by atoms with van der Waals surface area (Å²) in [5, 5.41) is 11.7. The molecule has 19 heavy (non-hydrogen) atoms. The Labute approximate surface area is 111 Å². The van der Waals surface area contributed by atoms with E-state index in [0.717, 1.165) is 6.07 Å². The molecule has 2 N–H and O–H groups in total. The molecule has 1 atom stereocenters. The summed E-state index contributed by atoms with van der Waals surface area (Å²) >= 11 is 0. The van der Waals surface area contributed by atoms with Gasteiger partial charge in [0.1, 0.15) is 0 Å². The van der Waals surface area contributed by atoms with E-state index in [2.05, 4.69) is 5.32 Å². The van der Waals surface area contributed by atoms with E-state index in [9.17, 15) is 18.7 Å². The number of hydrogen-bond donors (Lipinski definition) is 2. The molecule has 0 aliphatic carbocycles. The summed E-state index contributed by atoms with van der Waals surface area (Å²) in [5.74, 6) is -2.96. The van der Waals surface area contributed by atoms with Gasteiger partial charge in [0.15, 0.2) is 11.6 Å². The summed E-state index contributed by atoms with van der Waals surface area (Å²) in [6.07, 6.45) is 0.534. The van der Waals surface area contributed by atoms with Crippen LogP contribution in [0.25, 0.3) is 0 Å². The highest BCUT2D eigenvalue weighted by Crippen LogP contribution is 2.21. The molecule has 0 saturated carbocycles. The van der Waals surface area contributed by atoms with Crippen LogP contribution in [0.3, 0.4) is 0 Å². The second kappa shape index (κ2) is 6.10. The molecule has 0 bridgehead atoms. The van der Waals surface area contributed by atoms with Crippen LogP contribution in [0.2, 0.25) is 0 Å². The average molecular weight is 271 g/mol. The first-order valence-electron chi connectivity index (χ1n) is 6.10.